The van der Waals surface area contributed by atoms with Gasteiger partial charge in [0.1, 0.15) is 6.04 Å². The van der Waals surface area contributed by atoms with Gasteiger partial charge >= 0.3 is 6.03 Å². The van der Waals surface area contributed by atoms with Gasteiger partial charge in [0.15, 0.2) is 0 Å². The van der Waals surface area contributed by atoms with Crippen molar-refractivity contribution in [1.82, 2.24) is 21.3 Å². The lowest BCUT2D eigenvalue weighted by atomic mass is 9.98. The number of amides is 4. The first-order chi connectivity index (χ1) is 21.1. The number of rotatable bonds is 12. The molecule has 2 atom stereocenters. The number of urea groups is 1. The highest BCUT2D eigenvalue weighted by molar-refractivity contribution is 7.99. The number of nitrogens with zero attached hydrogens (tertiary/aromatic N) is 1. The molecule has 10 nitrogen and oxygen atoms in total. The molecule has 0 fully saturated rings. The average Bonchev–Trinajstić information content (AvgIpc) is 3.15. The Morgan fingerprint density at radius 3 is 2.45 bits per heavy atom. The summed E-state index contributed by atoms with van der Waals surface area (Å²) in [5, 5.41) is 30.3. The number of β-amino-alcohol motifs (C(OH)–C–C–N with tert-alkyl or cyclic N) is 1. The molecular weight excluding hydrogens is 578 g/mol. The van der Waals surface area contributed by atoms with Gasteiger partial charge in [0.2, 0.25) is 0 Å². The molecule has 0 saturated carbocycles. The lowest BCUT2D eigenvalue weighted by Crippen LogP contribution is -2.56. The van der Waals surface area contributed by atoms with E-state index < -0.39 is 23.7 Å². The van der Waals surface area contributed by atoms with Crippen LogP contribution in [0.25, 0.3) is 11.1 Å². The highest BCUT2D eigenvalue weighted by Crippen LogP contribution is 2.35. The summed E-state index contributed by atoms with van der Waals surface area (Å²) in [6, 6.07) is 21.8. The topological polar surface area (TPSA) is 143 Å². The quantitative estimate of drug-likeness (QED) is 0.183. The fourth-order valence-corrected chi connectivity index (χ4v) is 5.89. The zero-order valence-corrected chi connectivity index (χ0v) is 26.1. The number of nitrogens with one attached hydrogen (secondary N) is 4. The summed E-state index contributed by atoms with van der Waals surface area (Å²) < 4.78 is 0. The number of fused-ring (bicyclic) bond motifs is 1. The van der Waals surface area contributed by atoms with Crippen molar-refractivity contribution >= 4 is 35.3 Å². The molecule has 6 N–H and O–H groups in total. The predicted molar refractivity (Wildman–Crippen MR) is 174 cm³/mol. The van der Waals surface area contributed by atoms with Crippen LogP contribution in [0.1, 0.15) is 36.7 Å². The van der Waals surface area contributed by atoms with Crippen molar-refractivity contribution in [2.45, 2.75) is 49.9 Å². The molecule has 0 spiro atoms. The Hall–Kier alpha value is -3.90. The number of aliphatic hydroxyl groups excluding tert-OH is 2. The van der Waals surface area contributed by atoms with Crippen LogP contribution in [-0.4, -0.2) is 77.7 Å². The Balaban J connectivity index is 1.48. The van der Waals surface area contributed by atoms with Gasteiger partial charge in [-0.05, 0) is 55.7 Å². The number of hydrogen-bond donors (Lipinski definition) is 6. The average molecular weight is 620 g/mol. The normalized spacial score (nSPS) is 15.6. The van der Waals surface area contributed by atoms with Crippen LogP contribution in [-0.2, 0) is 11.3 Å². The van der Waals surface area contributed by atoms with E-state index in [1.165, 1.54) is 11.8 Å². The maximum atomic E-state index is 13.9. The molecule has 1 aliphatic heterocycles. The summed E-state index contributed by atoms with van der Waals surface area (Å²) in [6.45, 7) is 6.53. The van der Waals surface area contributed by atoms with Crippen molar-refractivity contribution in [3.05, 3.63) is 83.9 Å². The molecule has 1 aliphatic rings. The Labute approximate surface area is 262 Å². The second-order valence-electron chi connectivity index (χ2n) is 11.3. The monoisotopic (exact) mass is 619 g/mol. The van der Waals surface area contributed by atoms with Gasteiger partial charge in [0.25, 0.3) is 11.8 Å². The molecule has 11 heteroatoms. The fourth-order valence-electron chi connectivity index (χ4n) is 4.81. The fraction of sp³-hybridized carbons (Fsp3) is 0.364. The van der Waals surface area contributed by atoms with Gasteiger partial charge in [-0.3, -0.25) is 9.59 Å². The number of benzene rings is 3. The highest BCUT2D eigenvalue weighted by atomic mass is 32.2. The molecular formula is C33H41N5O5S. The Morgan fingerprint density at radius 2 is 1.73 bits per heavy atom. The standard InChI is InChI=1S/C33H41N5O5S/c1-4-34-30(41)26-10-6-5-9-25(26)23-15-13-22(14-16-23)18-38-28-11-7-8-12-29(28)44-20-27(31(38)42)37-32(43)35-21-33(2,3)36-17-24(40)19-39/h5-16,24,27,36,39-40H,4,17-21H2,1-3H3,(H,34,41)(H2,35,37,43)/t24-,27+/m0/s1. The van der Waals surface area contributed by atoms with Gasteiger partial charge in [-0.2, -0.15) is 0 Å². The molecule has 0 aliphatic carbocycles. The van der Waals surface area contributed by atoms with Crippen molar-refractivity contribution < 1.29 is 24.6 Å². The third kappa shape index (κ3) is 8.60. The van der Waals surface area contributed by atoms with Crippen LogP contribution in [0.3, 0.4) is 0 Å². The van der Waals surface area contributed by atoms with Gasteiger partial charge in [0, 0.05) is 41.4 Å². The number of hydrogen-bond acceptors (Lipinski definition) is 7. The highest BCUT2D eigenvalue weighted by Gasteiger charge is 2.32. The second kappa shape index (κ2) is 15.2. The smallest absolute Gasteiger partial charge is 0.315 e. The first kappa shape index (κ1) is 33.0. The zero-order valence-electron chi connectivity index (χ0n) is 25.3. The summed E-state index contributed by atoms with van der Waals surface area (Å²) in [6.07, 6.45) is -0.893. The number of para-hydroxylation sites is 1. The van der Waals surface area contributed by atoms with Crippen LogP contribution in [0, 0.1) is 0 Å². The molecule has 0 saturated heterocycles. The molecule has 3 aromatic rings. The minimum Gasteiger partial charge on any atom is -0.394 e. The van der Waals surface area contributed by atoms with Gasteiger partial charge in [-0.1, -0.05) is 54.6 Å². The molecule has 0 unspecified atom stereocenters. The van der Waals surface area contributed by atoms with Crippen LogP contribution in [0.2, 0.25) is 0 Å². The minimum absolute atomic E-state index is 0.126. The number of anilines is 1. The number of carbonyl (C=O) groups excluding carboxylic acids is 3. The number of aliphatic hydroxyl groups is 2. The summed E-state index contributed by atoms with van der Waals surface area (Å²) >= 11 is 1.52. The summed E-state index contributed by atoms with van der Waals surface area (Å²) in [5.74, 6) is 0.0330. The summed E-state index contributed by atoms with van der Waals surface area (Å²) in [5.41, 5.74) is 3.46. The lowest BCUT2D eigenvalue weighted by Gasteiger charge is -2.29. The van der Waals surface area contributed by atoms with E-state index in [4.69, 9.17) is 5.11 Å². The first-order valence-electron chi connectivity index (χ1n) is 14.7. The number of carbonyl (C=O) groups is 3. The number of thioether (sulfide) groups is 1. The lowest BCUT2D eigenvalue weighted by molar-refractivity contribution is -0.120. The van der Waals surface area contributed by atoms with Gasteiger partial charge < -0.3 is 36.4 Å². The zero-order chi connectivity index (χ0) is 31.7. The maximum Gasteiger partial charge on any atom is 0.315 e. The minimum atomic E-state index is -0.893. The third-order valence-electron chi connectivity index (χ3n) is 7.26. The van der Waals surface area contributed by atoms with Crippen LogP contribution in [0.4, 0.5) is 10.5 Å². The Bertz CT molecular complexity index is 1450. The molecule has 0 radical (unpaired) electrons. The molecule has 0 bridgehead atoms. The van der Waals surface area contributed by atoms with Crippen molar-refractivity contribution in [2.24, 2.45) is 0 Å². The molecule has 3 aromatic carbocycles. The predicted octanol–water partition coefficient (Wildman–Crippen LogP) is 3.13. The third-order valence-corrected chi connectivity index (χ3v) is 8.42. The summed E-state index contributed by atoms with van der Waals surface area (Å²) in [4.78, 5) is 42.0. The van der Waals surface area contributed by atoms with E-state index in [2.05, 4.69) is 21.3 Å². The van der Waals surface area contributed by atoms with E-state index in [1.54, 1.807) is 11.0 Å². The van der Waals surface area contributed by atoms with E-state index >= 15 is 0 Å². The molecule has 4 rings (SSSR count). The van der Waals surface area contributed by atoms with E-state index in [9.17, 15) is 19.5 Å². The van der Waals surface area contributed by atoms with E-state index in [-0.39, 0.29) is 31.5 Å². The van der Waals surface area contributed by atoms with Crippen molar-refractivity contribution in [3.8, 4) is 11.1 Å². The van der Waals surface area contributed by atoms with Crippen LogP contribution >= 0.6 is 11.8 Å². The van der Waals surface area contributed by atoms with Crippen LogP contribution in [0.15, 0.2) is 77.7 Å². The molecule has 1 heterocycles. The van der Waals surface area contributed by atoms with Crippen molar-refractivity contribution in [3.63, 3.8) is 0 Å². The second-order valence-corrected chi connectivity index (χ2v) is 12.3. The molecule has 0 aromatic heterocycles. The van der Waals surface area contributed by atoms with Crippen LogP contribution < -0.4 is 26.2 Å². The van der Waals surface area contributed by atoms with Gasteiger partial charge in [0.05, 0.1) is 24.9 Å². The molecule has 44 heavy (non-hydrogen) atoms. The van der Waals surface area contributed by atoms with Crippen molar-refractivity contribution in [2.75, 3.05) is 36.9 Å². The summed E-state index contributed by atoms with van der Waals surface area (Å²) in [7, 11) is 0. The SMILES string of the molecule is CCNC(=O)c1ccccc1-c1ccc(CN2C(=O)[C@H](NC(=O)NCC(C)(C)NC[C@H](O)CO)CSc3ccccc32)cc1. The van der Waals surface area contributed by atoms with Gasteiger partial charge in [-0.25, -0.2) is 4.79 Å². The largest absolute Gasteiger partial charge is 0.394 e. The Morgan fingerprint density at radius 1 is 1.02 bits per heavy atom. The van der Waals surface area contributed by atoms with Crippen molar-refractivity contribution in [1.29, 1.82) is 0 Å². The molecule has 4 amide bonds. The first-order valence-corrected chi connectivity index (χ1v) is 15.7. The van der Waals surface area contributed by atoms with E-state index in [0.29, 0.717) is 24.4 Å². The molecule has 234 valence electrons. The van der Waals surface area contributed by atoms with Crippen LogP contribution in [0.5, 0.6) is 0 Å². The van der Waals surface area contributed by atoms with E-state index in [0.717, 1.165) is 27.3 Å². The maximum absolute atomic E-state index is 13.9. The van der Waals surface area contributed by atoms with Gasteiger partial charge in [-0.15, -0.1) is 11.8 Å². The van der Waals surface area contributed by atoms with E-state index in [1.807, 2.05) is 87.5 Å². The Kier molecular flexibility index (Phi) is 11.4.